The number of carbonyl (C=O) groups is 1. The number of nitrogens with one attached hydrogen (secondary N) is 1. The van der Waals surface area contributed by atoms with Crippen molar-refractivity contribution >= 4 is 33.2 Å². The summed E-state index contributed by atoms with van der Waals surface area (Å²) in [4.78, 5) is 15.1. The summed E-state index contributed by atoms with van der Waals surface area (Å²) < 4.78 is 1.06. The van der Waals surface area contributed by atoms with Crippen LogP contribution < -0.4 is 10.2 Å². The van der Waals surface area contributed by atoms with Gasteiger partial charge in [-0.05, 0) is 61.4 Å². The minimum Gasteiger partial charge on any atom is -0.378 e. The number of amides is 1. The molecule has 3 aromatic rings. The molecule has 3 aromatic carbocycles. The number of rotatable bonds is 3. The maximum Gasteiger partial charge on any atom is 0.258 e. The van der Waals surface area contributed by atoms with E-state index in [2.05, 4.69) is 46.4 Å². The molecule has 4 heteroatoms. The summed E-state index contributed by atoms with van der Waals surface area (Å²) in [5.41, 5.74) is 3.94. The zero-order valence-electron chi connectivity index (χ0n) is 15.1. The van der Waals surface area contributed by atoms with Crippen LogP contribution in [0.4, 0.5) is 11.4 Å². The van der Waals surface area contributed by atoms with E-state index >= 15 is 0 Å². The molecule has 0 aliphatic carbocycles. The average Bonchev–Trinajstić information content (AvgIpc) is 2.70. The Kier molecular flexibility index (Phi) is 4.99. The fraction of sp³-hybridized carbons (Fsp3) is 0.174. The Hall–Kier alpha value is -2.59. The van der Waals surface area contributed by atoms with E-state index in [4.69, 9.17) is 0 Å². The second-order valence-corrected chi connectivity index (χ2v) is 7.80. The van der Waals surface area contributed by atoms with E-state index in [9.17, 15) is 4.79 Å². The van der Waals surface area contributed by atoms with Crippen molar-refractivity contribution in [3.8, 4) is 0 Å². The van der Waals surface area contributed by atoms with Crippen LogP contribution in [-0.2, 0) is 0 Å². The summed E-state index contributed by atoms with van der Waals surface area (Å²) >= 11 is 3.48. The van der Waals surface area contributed by atoms with E-state index in [0.717, 1.165) is 33.4 Å². The maximum atomic E-state index is 13.2. The van der Waals surface area contributed by atoms with E-state index in [1.165, 1.54) is 0 Å². The molecule has 0 aromatic heterocycles. The Balaban J connectivity index is 1.68. The molecule has 0 fully saturated rings. The zero-order chi connectivity index (χ0) is 18.8. The molecule has 0 saturated heterocycles. The Morgan fingerprint density at radius 3 is 2.37 bits per heavy atom. The summed E-state index contributed by atoms with van der Waals surface area (Å²) in [6.07, 6.45) is 0.853. The van der Waals surface area contributed by atoms with Gasteiger partial charge in [0.25, 0.3) is 5.91 Å². The summed E-state index contributed by atoms with van der Waals surface area (Å²) in [5.74, 6) is 0.0534. The Bertz CT molecular complexity index is 940. The van der Waals surface area contributed by atoms with Crippen LogP contribution >= 0.6 is 15.9 Å². The first-order valence-electron chi connectivity index (χ1n) is 9.13. The van der Waals surface area contributed by atoms with Crippen LogP contribution in [-0.4, -0.2) is 11.9 Å². The van der Waals surface area contributed by atoms with E-state index in [0.29, 0.717) is 0 Å². The van der Waals surface area contributed by atoms with Crippen molar-refractivity contribution in [2.75, 3.05) is 10.2 Å². The lowest BCUT2D eigenvalue weighted by atomic mass is 9.90. The molecule has 2 unspecified atom stereocenters. The van der Waals surface area contributed by atoms with E-state index < -0.39 is 0 Å². The second kappa shape index (κ2) is 7.57. The summed E-state index contributed by atoms with van der Waals surface area (Å²) in [5, 5.41) is 3.64. The third-order valence-corrected chi connectivity index (χ3v) is 5.54. The highest BCUT2D eigenvalue weighted by Crippen LogP contribution is 2.39. The molecule has 27 heavy (non-hydrogen) atoms. The lowest BCUT2D eigenvalue weighted by molar-refractivity contribution is 0.0974. The average molecular weight is 421 g/mol. The van der Waals surface area contributed by atoms with Crippen LogP contribution in [0.15, 0.2) is 83.3 Å². The largest absolute Gasteiger partial charge is 0.378 e. The van der Waals surface area contributed by atoms with Crippen LogP contribution in [0, 0.1) is 0 Å². The third-order valence-electron chi connectivity index (χ3n) is 5.01. The molecule has 0 spiro atoms. The molecule has 0 bridgehead atoms. The first kappa shape index (κ1) is 17.8. The van der Waals surface area contributed by atoms with Crippen molar-refractivity contribution in [1.29, 1.82) is 0 Å². The molecule has 3 nitrogen and oxygen atoms in total. The molecule has 1 aliphatic rings. The monoisotopic (exact) mass is 420 g/mol. The molecular formula is C23H21BrN2O. The smallest absolute Gasteiger partial charge is 0.258 e. The molecule has 1 amide bonds. The third kappa shape index (κ3) is 3.62. The van der Waals surface area contributed by atoms with Gasteiger partial charge in [0.05, 0.1) is 6.04 Å². The lowest BCUT2D eigenvalue weighted by Gasteiger charge is -2.40. The van der Waals surface area contributed by atoms with Gasteiger partial charge in [0.15, 0.2) is 0 Å². The highest BCUT2D eigenvalue weighted by molar-refractivity contribution is 9.10. The number of para-hydroxylation sites is 1. The van der Waals surface area contributed by atoms with E-state index in [1.807, 2.05) is 65.6 Å². The Morgan fingerprint density at radius 1 is 0.963 bits per heavy atom. The van der Waals surface area contributed by atoms with E-state index in [-0.39, 0.29) is 18.0 Å². The van der Waals surface area contributed by atoms with Gasteiger partial charge in [-0.1, -0.05) is 52.3 Å². The van der Waals surface area contributed by atoms with Gasteiger partial charge in [0, 0.05) is 27.5 Å². The van der Waals surface area contributed by atoms with Gasteiger partial charge in [-0.25, -0.2) is 0 Å². The fourth-order valence-corrected chi connectivity index (χ4v) is 3.99. The molecule has 2 atom stereocenters. The number of nitrogens with zero attached hydrogens (tertiary/aromatic N) is 1. The highest BCUT2D eigenvalue weighted by Gasteiger charge is 2.33. The number of fused-ring (bicyclic) bond motifs is 1. The molecule has 0 radical (unpaired) electrons. The number of carbonyl (C=O) groups excluding carboxylic acids is 1. The van der Waals surface area contributed by atoms with Gasteiger partial charge in [-0.2, -0.15) is 0 Å². The van der Waals surface area contributed by atoms with Gasteiger partial charge < -0.3 is 10.2 Å². The van der Waals surface area contributed by atoms with Crippen molar-refractivity contribution in [2.45, 2.75) is 25.4 Å². The van der Waals surface area contributed by atoms with Crippen LogP contribution in [0.1, 0.15) is 35.3 Å². The first-order chi connectivity index (χ1) is 13.1. The standard InChI is InChI=1S/C23H21BrN2O/c1-16-15-21(25-19-13-11-18(24)12-14-19)20-9-5-6-10-22(20)26(16)23(27)17-7-3-2-4-8-17/h2-14,16,21,25H,15H2,1H3. The molecule has 1 aliphatic heterocycles. The second-order valence-electron chi connectivity index (χ2n) is 6.89. The molecule has 0 saturated carbocycles. The normalized spacial score (nSPS) is 18.7. The predicted molar refractivity (Wildman–Crippen MR) is 114 cm³/mol. The summed E-state index contributed by atoms with van der Waals surface area (Å²) in [7, 11) is 0. The molecular weight excluding hydrogens is 400 g/mol. The first-order valence-corrected chi connectivity index (χ1v) is 9.92. The zero-order valence-corrected chi connectivity index (χ0v) is 16.7. The van der Waals surface area contributed by atoms with Crippen molar-refractivity contribution < 1.29 is 4.79 Å². The molecule has 1 N–H and O–H groups in total. The van der Waals surface area contributed by atoms with Gasteiger partial charge in [-0.15, -0.1) is 0 Å². The Morgan fingerprint density at radius 2 is 1.63 bits per heavy atom. The highest BCUT2D eigenvalue weighted by atomic mass is 79.9. The van der Waals surface area contributed by atoms with Gasteiger partial charge in [0.2, 0.25) is 0 Å². The molecule has 136 valence electrons. The quantitative estimate of drug-likeness (QED) is 0.559. The number of hydrogen-bond acceptors (Lipinski definition) is 2. The number of halogens is 1. The molecule has 1 heterocycles. The van der Waals surface area contributed by atoms with Crippen molar-refractivity contribution in [2.24, 2.45) is 0 Å². The van der Waals surface area contributed by atoms with Crippen LogP contribution in [0.3, 0.4) is 0 Å². The summed E-state index contributed by atoms with van der Waals surface area (Å²) in [6.45, 7) is 2.12. The minimum absolute atomic E-state index is 0.0534. The van der Waals surface area contributed by atoms with Crippen molar-refractivity contribution in [1.82, 2.24) is 0 Å². The van der Waals surface area contributed by atoms with Crippen molar-refractivity contribution in [3.63, 3.8) is 0 Å². The fourth-order valence-electron chi connectivity index (χ4n) is 3.73. The lowest BCUT2D eigenvalue weighted by Crippen LogP contribution is -2.44. The SMILES string of the molecule is CC1CC(Nc2ccc(Br)cc2)c2ccccc2N1C(=O)c1ccccc1. The predicted octanol–water partition coefficient (Wildman–Crippen LogP) is 6.04. The van der Waals surface area contributed by atoms with E-state index in [1.54, 1.807) is 0 Å². The maximum absolute atomic E-state index is 13.2. The Labute approximate surface area is 168 Å². The van der Waals surface area contributed by atoms with Crippen LogP contribution in [0.25, 0.3) is 0 Å². The van der Waals surface area contributed by atoms with Crippen LogP contribution in [0.5, 0.6) is 0 Å². The van der Waals surface area contributed by atoms with Gasteiger partial charge in [-0.3, -0.25) is 4.79 Å². The number of benzene rings is 3. The number of hydrogen-bond donors (Lipinski definition) is 1. The van der Waals surface area contributed by atoms with Gasteiger partial charge >= 0.3 is 0 Å². The topological polar surface area (TPSA) is 32.3 Å². The summed E-state index contributed by atoms with van der Waals surface area (Å²) in [6, 6.07) is 26.2. The molecule has 4 rings (SSSR count). The minimum atomic E-state index is 0.0534. The van der Waals surface area contributed by atoms with Crippen LogP contribution in [0.2, 0.25) is 0 Å². The van der Waals surface area contributed by atoms with Gasteiger partial charge in [0.1, 0.15) is 0 Å². The van der Waals surface area contributed by atoms with Crippen molar-refractivity contribution in [3.05, 3.63) is 94.5 Å². The number of anilines is 2.